The van der Waals surface area contributed by atoms with E-state index in [4.69, 9.17) is 9.84 Å². The predicted molar refractivity (Wildman–Crippen MR) is 73.9 cm³/mol. The molecule has 1 rings (SSSR count). The number of aliphatic carboxylic acids is 1. The van der Waals surface area contributed by atoms with Crippen LogP contribution < -0.4 is 0 Å². The number of methoxy groups -OCH3 is 1. The van der Waals surface area contributed by atoms with Gasteiger partial charge in [0.1, 0.15) is 6.54 Å². The average molecular weight is 330 g/mol. The number of ether oxygens (including phenoxy) is 1. The van der Waals surface area contributed by atoms with Gasteiger partial charge in [0.05, 0.1) is 13.0 Å². The first kappa shape index (κ1) is 15.7. The number of carboxylic acids is 1. The van der Waals surface area contributed by atoms with E-state index in [1.54, 1.807) is 0 Å². The van der Waals surface area contributed by atoms with Crippen LogP contribution in [-0.2, 0) is 20.7 Å². The van der Waals surface area contributed by atoms with E-state index in [2.05, 4.69) is 15.9 Å². The molecule has 0 saturated carbocycles. The van der Waals surface area contributed by atoms with Crippen LogP contribution in [0, 0.1) is 0 Å². The molecule has 0 aliphatic carbocycles. The van der Waals surface area contributed by atoms with Crippen molar-refractivity contribution in [2.24, 2.45) is 0 Å². The molecule has 0 saturated heterocycles. The third-order valence-corrected chi connectivity index (χ3v) is 3.04. The van der Waals surface area contributed by atoms with Gasteiger partial charge in [-0.1, -0.05) is 28.1 Å². The molecule has 0 heterocycles. The molecule has 0 atom stereocenters. The first-order valence-electron chi connectivity index (χ1n) is 5.76. The fraction of sp³-hybridized carbons (Fsp3) is 0.385. The normalized spacial score (nSPS) is 10.2. The van der Waals surface area contributed by atoms with E-state index >= 15 is 0 Å². The van der Waals surface area contributed by atoms with Crippen molar-refractivity contribution in [3.8, 4) is 0 Å². The van der Waals surface area contributed by atoms with Gasteiger partial charge < -0.3 is 14.7 Å². The number of nitrogens with zero attached hydrogens (tertiary/aromatic N) is 1. The number of rotatable bonds is 7. The van der Waals surface area contributed by atoms with E-state index in [0.29, 0.717) is 6.61 Å². The lowest BCUT2D eigenvalue weighted by Crippen LogP contribution is -2.38. The minimum atomic E-state index is -1.03. The van der Waals surface area contributed by atoms with Gasteiger partial charge in [-0.2, -0.15) is 0 Å². The van der Waals surface area contributed by atoms with Gasteiger partial charge in [0, 0.05) is 18.1 Å². The van der Waals surface area contributed by atoms with Crippen molar-refractivity contribution in [3.63, 3.8) is 0 Å². The Morgan fingerprint density at radius 2 is 1.95 bits per heavy atom. The number of benzene rings is 1. The molecule has 104 valence electrons. The highest BCUT2D eigenvalue weighted by Gasteiger charge is 2.16. The number of carboxylic acid groups (broad SMARTS) is 1. The van der Waals surface area contributed by atoms with Crippen LogP contribution in [0.25, 0.3) is 0 Å². The van der Waals surface area contributed by atoms with Crippen LogP contribution in [-0.4, -0.2) is 48.7 Å². The van der Waals surface area contributed by atoms with Gasteiger partial charge >= 0.3 is 5.97 Å². The second kappa shape index (κ2) is 7.91. The third-order valence-electron chi connectivity index (χ3n) is 2.51. The summed E-state index contributed by atoms with van der Waals surface area (Å²) in [5, 5.41) is 8.79. The van der Waals surface area contributed by atoms with E-state index in [1.165, 1.54) is 12.0 Å². The number of hydrogen-bond acceptors (Lipinski definition) is 3. The lowest BCUT2D eigenvalue weighted by Gasteiger charge is -2.20. The van der Waals surface area contributed by atoms with E-state index in [1.807, 2.05) is 24.3 Å². The number of hydrogen-bond donors (Lipinski definition) is 1. The van der Waals surface area contributed by atoms with Gasteiger partial charge in [0.15, 0.2) is 0 Å². The molecule has 0 unspecified atom stereocenters. The molecule has 5 nitrogen and oxygen atoms in total. The maximum atomic E-state index is 12.0. The topological polar surface area (TPSA) is 66.8 Å². The average Bonchev–Trinajstić information content (AvgIpc) is 2.36. The summed E-state index contributed by atoms with van der Waals surface area (Å²) in [5.74, 6) is -1.25. The third kappa shape index (κ3) is 5.85. The van der Waals surface area contributed by atoms with Crippen LogP contribution in [0.3, 0.4) is 0 Å². The highest BCUT2D eigenvalue weighted by atomic mass is 79.9. The quantitative estimate of drug-likeness (QED) is 0.824. The highest BCUT2D eigenvalue weighted by molar-refractivity contribution is 9.10. The molecule has 1 aromatic rings. The van der Waals surface area contributed by atoms with Gasteiger partial charge in [-0.05, 0) is 17.7 Å². The number of halogens is 1. The first-order chi connectivity index (χ1) is 9.02. The highest BCUT2D eigenvalue weighted by Crippen LogP contribution is 2.11. The van der Waals surface area contributed by atoms with Crippen molar-refractivity contribution in [1.29, 1.82) is 0 Å². The second-order valence-corrected chi connectivity index (χ2v) is 4.92. The molecule has 19 heavy (non-hydrogen) atoms. The second-order valence-electron chi connectivity index (χ2n) is 4.01. The van der Waals surface area contributed by atoms with E-state index in [9.17, 15) is 9.59 Å². The summed E-state index contributed by atoms with van der Waals surface area (Å²) < 4.78 is 5.81. The minimum Gasteiger partial charge on any atom is -0.480 e. The zero-order valence-corrected chi connectivity index (χ0v) is 12.2. The van der Waals surface area contributed by atoms with Gasteiger partial charge in [0.25, 0.3) is 0 Å². The molecule has 1 amide bonds. The van der Waals surface area contributed by atoms with Crippen LogP contribution in [0.2, 0.25) is 0 Å². The van der Waals surface area contributed by atoms with Crippen LogP contribution >= 0.6 is 15.9 Å². The Hall–Kier alpha value is -1.40. The van der Waals surface area contributed by atoms with E-state index in [0.717, 1.165) is 10.0 Å². The summed E-state index contributed by atoms with van der Waals surface area (Å²) in [6.07, 6.45) is 0.185. The number of amides is 1. The van der Waals surface area contributed by atoms with Gasteiger partial charge in [-0.15, -0.1) is 0 Å². The molecular formula is C13H16BrNO4. The molecular weight excluding hydrogens is 314 g/mol. The molecule has 1 N–H and O–H groups in total. The lowest BCUT2D eigenvalue weighted by molar-refractivity contribution is -0.144. The Kier molecular flexibility index (Phi) is 6.52. The van der Waals surface area contributed by atoms with Crippen molar-refractivity contribution >= 4 is 27.8 Å². The Balaban J connectivity index is 2.64. The van der Waals surface area contributed by atoms with Crippen LogP contribution in [0.15, 0.2) is 28.7 Å². The lowest BCUT2D eigenvalue weighted by atomic mass is 10.1. The van der Waals surface area contributed by atoms with Gasteiger partial charge in [-0.3, -0.25) is 9.59 Å². The summed E-state index contributed by atoms with van der Waals surface area (Å²) in [6, 6.07) is 7.35. The molecule has 0 aliphatic heterocycles. The van der Waals surface area contributed by atoms with Crippen molar-refractivity contribution in [2.75, 3.05) is 26.8 Å². The van der Waals surface area contributed by atoms with E-state index < -0.39 is 5.97 Å². The zero-order valence-electron chi connectivity index (χ0n) is 10.6. The van der Waals surface area contributed by atoms with Crippen LogP contribution in [0.1, 0.15) is 5.56 Å². The van der Waals surface area contributed by atoms with Gasteiger partial charge in [0.2, 0.25) is 5.91 Å². The molecule has 0 aromatic heterocycles. The fourth-order valence-corrected chi connectivity index (χ4v) is 1.81. The Labute approximate surface area is 120 Å². The predicted octanol–water partition coefficient (Wildman–Crippen LogP) is 1.55. The fourth-order valence-electron chi connectivity index (χ4n) is 1.55. The van der Waals surface area contributed by atoms with Crippen LogP contribution in [0.4, 0.5) is 0 Å². The Morgan fingerprint density at radius 1 is 1.32 bits per heavy atom. The standard InChI is InChI=1S/C13H16BrNO4/c1-19-7-6-15(9-13(17)18)12(16)8-10-2-4-11(14)5-3-10/h2-5H,6-9H2,1H3,(H,17,18). The maximum Gasteiger partial charge on any atom is 0.323 e. The summed E-state index contributed by atoms with van der Waals surface area (Å²) in [7, 11) is 1.51. The van der Waals surface area contributed by atoms with Gasteiger partial charge in [-0.25, -0.2) is 0 Å². The Bertz CT molecular complexity index is 433. The molecule has 6 heteroatoms. The summed E-state index contributed by atoms with van der Waals surface area (Å²) >= 11 is 3.32. The van der Waals surface area contributed by atoms with E-state index in [-0.39, 0.29) is 25.4 Å². The number of carbonyl (C=O) groups excluding carboxylic acids is 1. The monoisotopic (exact) mass is 329 g/mol. The van der Waals surface area contributed by atoms with Crippen molar-refractivity contribution in [1.82, 2.24) is 4.90 Å². The zero-order chi connectivity index (χ0) is 14.3. The smallest absolute Gasteiger partial charge is 0.323 e. The van der Waals surface area contributed by atoms with Crippen molar-refractivity contribution < 1.29 is 19.4 Å². The first-order valence-corrected chi connectivity index (χ1v) is 6.55. The minimum absolute atomic E-state index is 0.185. The summed E-state index contributed by atoms with van der Waals surface area (Å²) in [4.78, 5) is 24.1. The SMILES string of the molecule is COCCN(CC(=O)O)C(=O)Cc1ccc(Br)cc1. The van der Waals surface area contributed by atoms with Crippen LogP contribution in [0.5, 0.6) is 0 Å². The maximum absolute atomic E-state index is 12.0. The molecule has 0 radical (unpaired) electrons. The molecule has 0 fully saturated rings. The molecule has 0 spiro atoms. The molecule has 0 aliphatic rings. The Morgan fingerprint density at radius 3 is 2.47 bits per heavy atom. The van der Waals surface area contributed by atoms with Crippen molar-refractivity contribution in [3.05, 3.63) is 34.3 Å². The largest absolute Gasteiger partial charge is 0.480 e. The molecule has 0 bridgehead atoms. The summed E-state index contributed by atoms with van der Waals surface area (Å²) in [6.45, 7) is 0.288. The van der Waals surface area contributed by atoms with Crippen molar-refractivity contribution in [2.45, 2.75) is 6.42 Å². The molecule has 1 aromatic carbocycles. The summed E-state index contributed by atoms with van der Waals surface area (Å²) in [5.41, 5.74) is 0.848. The number of carbonyl (C=O) groups is 2.